The molecule has 1 unspecified atom stereocenters. The second-order valence-electron chi connectivity index (χ2n) is 7.79. The van der Waals surface area contributed by atoms with Crippen LogP contribution in [0.2, 0.25) is 0 Å². The summed E-state index contributed by atoms with van der Waals surface area (Å²) in [6, 6.07) is 18.7. The van der Waals surface area contributed by atoms with Gasteiger partial charge in [-0.15, -0.1) is 0 Å². The molecule has 2 aliphatic rings. The van der Waals surface area contributed by atoms with E-state index in [0.717, 1.165) is 50.5 Å². The molecule has 1 fully saturated rings. The zero-order chi connectivity index (χ0) is 20.6. The van der Waals surface area contributed by atoms with Crippen LogP contribution in [-0.4, -0.2) is 48.1 Å². The Balaban J connectivity index is 1.23. The molecule has 1 heterocycles. The molecule has 2 aromatic rings. The van der Waals surface area contributed by atoms with Crippen LogP contribution in [-0.2, 0) is 13.2 Å². The number of piperazine rings is 1. The minimum atomic E-state index is 0.0379. The number of benzene rings is 2. The predicted molar refractivity (Wildman–Crippen MR) is 119 cm³/mol. The highest BCUT2D eigenvalue weighted by atomic mass is 16.5. The first-order chi connectivity index (χ1) is 14.8. The van der Waals surface area contributed by atoms with Gasteiger partial charge in [0.25, 0.3) is 0 Å². The number of carbonyl (C=O) groups is 1. The molecule has 1 aliphatic heterocycles. The molecule has 4 rings (SSSR count). The van der Waals surface area contributed by atoms with Crippen LogP contribution in [0.4, 0.5) is 4.79 Å². The number of allylic oxidation sites excluding steroid dienone is 2. The second-order valence-corrected chi connectivity index (χ2v) is 7.79. The normalized spacial score (nSPS) is 18.9. The third-order valence-corrected chi connectivity index (χ3v) is 5.50. The summed E-state index contributed by atoms with van der Waals surface area (Å²) in [5, 5.41) is 3.10. The molecule has 30 heavy (non-hydrogen) atoms. The molecular weight excluding hydrogens is 374 g/mol. The SMILES string of the molecule is O=C(NC1C=CC=CC1)N1CCN(Cc2cccc(OCc3ccccc3)c2)CC1. The van der Waals surface area contributed by atoms with Crippen LogP contribution in [0, 0.1) is 0 Å². The number of hydrogen-bond acceptors (Lipinski definition) is 3. The van der Waals surface area contributed by atoms with Crippen molar-refractivity contribution in [3.05, 3.63) is 90.0 Å². The molecule has 1 saturated heterocycles. The molecule has 0 aromatic heterocycles. The van der Waals surface area contributed by atoms with Crippen molar-refractivity contribution in [2.24, 2.45) is 0 Å². The summed E-state index contributed by atoms with van der Waals surface area (Å²) in [6.45, 7) is 4.70. The van der Waals surface area contributed by atoms with Gasteiger partial charge < -0.3 is 15.0 Å². The Hall–Kier alpha value is -3.05. The lowest BCUT2D eigenvalue weighted by atomic mass is 10.1. The fourth-order valence-corrected chi connectivity index (χ4v) is 3.78. The summed E-state index contributed by atoms with van der Waals surface area (Å²) in [6.07, 6.45) is 9.00. The van der Waals surface area contributed by atoms with Crippen LogP contribution < -0.4 is 10.1 Å². The summed E-state index contributed by atoms with van der Waals surface area (Å²) >= 11 is 0. The molecule has 1 atom stereocenters. The molecular formula is C25H29N3O2. The average Bonchev–Trinajstić information content (AvgIpc) is 2.80. The largest absolute Gasteiger partial charge is 0.489 e. The number of urea groups is 1. The van der Waals surface area contributed by atoms with Gasteiger partial charge in [0.15, 0.2) is 0 Å². The highest BCUT2D eigenvalue weighted by molar-refractivity contribution is 5.75. The van der Waals surface area contributed by atoms with Gasteiger partial charge in [0.2, 0.25) is 0 Å². The lowest BCUT2D eigenvalue weighted by Crippen LogP contribution is -2.53. The van der Waals surface area contributed by atoms with Crippen molar-refractivity contribution < 1.29 is 9.53 Å². The fourth-order valence-electron chi connectivity index (χ4n) is 3.78. The van der Waals surface area contributed by atoms with Crippen molar-refractivity contribution in [1.29, 1.82) is 0 Å². The molecule has 2 aromatic carbocycles. The van der Waals surface area contributed by atoms with E-state index in [-0.39, 0.29) is 12.1 Å². The average molecular weight is 404 g/mol. The van der Waals surface area contributed by atoms with E-state index in [2.05, 4.69) is 40.6 Å². The van der Waals surface area contributed by atoms with Crippen LogP contribution in [0.25, 0.3) is 0 Å². The highest BCUT2D eigenvalue weighted by Gasteiger charge is 2.22. The van der Waals surface area contributed by atoms with Crippen molar-refractivity contribution in [3.63, 3.8) is 0 Å². The molecule has 0 bridgehead atoms. The number of nitrogens with zero attached hydrogens (tertiary/aromatic N) is 2. The Morgan fingerprint density at radius 3 is 2.53 bits per heavy atom. The van der Waals surface area contributed by atoms with E-state index in [1.165, 1.54) is 5.56 Å². The number of carbonyl (C=O) groups excluding carboxylic acids is 1. The summed E-state index contributed by atoms with van der Waals surface area (Å²) in [7, 11) is 0. The van der Waals surface area contributed by atoms with Crippen LogP contribution in [0.1, 0.15) is 17.5 Å². The lowest BCUT2D eigenvalue weighted by Gasteiger charge is -2.35. The molecule has 5 heteroatoms. The van der Waals surface area contributed by atoms with E-state index in [4.69, 9.17) is 4.74 Å². The maximum Gasteiger partial charge on any atom is 0.317 e. The van der Waals surface area contributed by atoms with Gasteiger partial charge in [-0.2, -0.15) is 0 Å². The monoisotopic (exact) mass is 403 g/mol. The number of nitrogens with one attached hydrogen (secondary N) is 1. The van der Waals surface area contributed by atoms with E-state index in [9.17, 15) is 4.79 Å². The van der Waals surface area contributed by atoms with Gasteiger partial charge >= 0.3 is 6.03 Å². The number of hydrogen-bond donors (Lipinski definition) is 1. The predicted octanol–water partition coefficient (Wildman–Crippen LogP) is 3.98. The molecule has 1 aliphatic carbocycles. The third-order valence-electron chi connectivity index (χ3n) is 5.50. The first-order valence-corrected chi connectivity index (χ1v) is 10.6. The minimum absolute atomic E-state index is 0.0379. The van der Waals surface area contributed by atoms with Gasteiger partial charge in [0.1, 0.15) is 12.4 Å². The van der Waals surface area contributed by atoms with Gasteiger partial charge in [-0.1, -0.05) is 66.8 Å². The Bertz CT molecular complexity index is 886. The molecule has 1 N–H and O–H groups in total. The second kappa shape index (κ2) is 10.1. The first kappa shape index (κ1) is 20.2. The number of rotatable bonds is 6. The molecule has 0 radical (unpaired) electrons. The number of amides is 2. The highest BCUT2D eigenvalue weighted by Crippen LogP contribution is 2.17. The van der Waals surface area contributed by atoms with E-state index in [1.54, 1.807) is 0 Å². The Labute approximate surface area is 178 Å². The summed E-state index contributed by atoms with van der Waals surface area (Å²) in [4.78, 5) is 16.8. The zero-order valence-corrected chi connectivity index (χ0v) is 17.2. The standard InChI is InChI=1S/C25H29N3O2/c29-25(26-23-11-5-2-6-12-23)28-16-14-27(15-17-28)19-22-10-7-13-24(18-22)30-20-21-8-3-1-4-9-21/h1-11,13,18,23H,12,14-17,19-20H2,(H,26,29). The summed E-state index contributed by atoms with van der Waals surface area (Å²) in [5.74, 6) is 0.893. The van der Waals surface area contributed by atoms with E-state index in [0.29, 0.717) is 6.61 Å². The Morgan fingerprint density at radius 2 is 1.77 bits per heavy atom. The van der Waals surface area contributed by atoms with Crippen molar-refractivity contribution >= 4 is 6.03 Å². The first-order valence-electron chi connectivity index (χ1n) is 10.6. The van der Waals surface area contributed by atoms with Crippen molar-refractivity contribution in [2.75, 3.05) is 26.2 Å². The van der Waals surface area contributed by atoms with Gasteiger partial charge in [-0.05, 0) is 29.7 Å². The van der Waals surface area contributed by atoms with Gasteiger partial charge in [-0.25, -0.2) is 4.79 Å². The Kier molecular flexibility index (Phi) is 6.83. The van der Waals surface area contributed by atoms with Crippen molar-refractivity contribution in [2.45, 2.75) is 25.6 Å². The molecule has 0 spiro atoms. The smallest absolute Gasteiger partial charge is 0.317 e. The fraction of sp³-hybridized carbons (Fsp3) is 0.320. The van der Waals surface area contributed by atoms with E-state index in [1.807, 2.05) is 53.5 Å². The molecule has 0 saturated carbocycles. The topological polar surface area (TPSA) is 44.8 Å². The maximum absolute atomic E-state index is 12.5. The lowest BCUT2D eigenvalue weighted by molar-refractivity contribution is 0.134. The quantitative estimate of drug-likeness (QED) is 0.794. The maximum atomic E-state index is 12.5. The zero-order valence-electron chi connectivity index (χ0n) is 17.2. The summed E-state index contributed by atoms with van der Waals surface area (Å²) < 4.78 is 5.95. The van der Waals surface area contributed by atoms with E-state index < -0.39 is 0 Å². The van der Waals surface area contributed by atoms with Crippen LogP contribution in [0.15, 0.2) is 78.9 Å². The van der Waals surface area contributed by atoms with Crippen molar-refractivity contribution in [1.82, 2.24) is 15.1 Å². The Morgan fingerprint density at radius 1 is 0.967 bits per heavy atom. The van der Waals surface area contributed by atoms with Crippen molar-refractivity contribution in [3.8, 4) is 5.75 Å². The summed E-state index contributed by atoms with van der Waals surface area (Å²) in [5.41, 5.74) is 2.40. The van der Waals surface area contributed by atoms with Gasteiger partial charge in [0.05, 0.1) is 6.04 Å². The minimum Gasteiger partial charge on any atom is -0.489 e. The van der Waals surface area contributed by atoms with E-state index >= 15 is 0 Å². The van der Waals surface area contributed by atoms with Crippen LogP contribution >= 0.6 is 0 Å². The van der Waals surface area contributed by atoms with Gasteiger partial charge in [-0.3, -0.25) is 4.90 Å². The van der Waals surface area contributed by atoms with Crippen LogP contribution in [0.5, 0.6) is 5.75 Å². The molecule has 5 nitrogen and oxygen atoms in total. The van der Waals surface area contributed by atoms with Crippen LogP contribution in [0.3, 0.4) is 0 Å². The number of ether oxygens (including phenoxy) is 1. The third kappa shape index (κ3) is 5.74. The van der Waals surface area contributed by atoms with Gasteiger partial charge in [0, 0.05) is 32.7 Å². The molecule has 2 amide bonds. The molecule has 156 valence electrons.